The van der Waals surface area contributed by atoms with Crippen LogP contribution in [0.1, 0.15) is 18.1 Å². The van der Waals surface area contributed by atoms with E-state index in [9.17, 15) is 0 Å². The molecule has 0 atom stereocenters. The Bertz CT molecular complexity index is 570. The van der Waals surface area contributed by atoms with Crippen LogP contribution < -0.4 is 9.47 Å². The van der Waals surface area contributed by atoms with E-state index in [0.717, 1.165) is 26.9 Å². The lowest BCUT2D eigenvalue weighted by Gasteiger charge is -2.13. The predicted octanol–water partition coefficient (Wildman–Crippen LogP) is 5.32. The molecule has 0 bridgehead atoms. The van der Waals surface area contributed by atoms with Gasteiger partial charge in [0.25, 0.3) is 0 Å². The molecule has 0 aromatic heterocycles. The van der Waals surface area contributed by atoms with Crippen LogP contribution in [0.25, 0.3) is 0 Å². The Morgan fingerprint density at radius 2 is 1.80 bits per heavy atom. The third kappa shape index (κ3) is 4.25. The van der Waals surface area contributed by atoms with Gasteiger partial charge in [-0.15, -0.1) is 0 Å². The molecule has 2 aromatic carbocycles. The van der Waals surface area contributed by atoms with Crippen LogP contribution in [0.15, 0.2) is 46.9 Å². The van der Waals surface area contributed by atoms with Crippen molar-refractivity contribution < 1.29 is 9.47 Å². The van der Waals surface area contributed by atoms with Crippen molar-refractivity contribution in [2.45, 2.75) is 18.9 Å². The summed E-state index contributed by atoms with van der Waals surface area (Å²) in [5.41, 5.74) is 2.29. The molecule has 4 heteroatoms. The molecule has 0 aliphatic heterocycles. The maximum absolute atomic E-state index is 5.87. The van der Waals surface area contributed by atoms with Gasteiger partial charge in [-0.2, -0.15) is 0 Å². The van der Waals surface area contributed by atoms with Crippen LogP contribution in [-0.4, -0.2) is 6.61 Å². The smallest absolute Gasteiger partial charge is 0.161 e. The van der Waals surface area contributed by atoms with Crippen molar-refractivity contribution in [3.05, 3.63) is 58.1 Å². The summed E-state index contributed by atoms with van der Waals surface area (Å²) < 4.78 is 12.6. The van der Waals surface area contributed by atoms with E-state index in [4.69, 9.17) is 9.47 Å². The number of ether oxygens (including phenoxy) is 2. The fraction of sp³-hybridized carbons (Fsp3) is 0.250. The molecular weight excluding hydrogens is 384 g/mol. The molecule has 0 spiro atoms. The zero-order valence-corrected chi connectivity index (χ0v) is 14.4. The van der Waals surface area contributed by atoms with Gasteiger partial charge in [0.05, 0.1) is 6.61 Å². The van der Waals surface area contributed by atoms with Gasteiger partial charge >= 0.3 is 0 Å². The van der Waals surface area contributed by atoms with Gasteiger partial charge in [0, 0.05) is 9.80 Å². The van der Waals surface area contributed by atoms with Gasteiger partial charge in [0.1, 0.15) is 6.61 Å². The van der Waals surface area contributed by atoms with Crippen molar-refractivity contribution in [3.63, 3.8) is 0 Å². The lowest BCUT2D eigenvalue weighted by atomic mass is 10.2. The summed E-state index contributed by atoms with van der Waals surface area (Å²) in [6.07, 6.45) is 0. The lowest BCUT2D eigenvalue weighted by molar-refractivity contribution is 0.269. The third-order valence-corrected chi connectivity index (χ3v) is 3.89. The van der Waals surface area contributed by atoms with Gasteiger partial charge < -0.3 is 9.47 Å². The molecule has 0 N–H and O–H groups in total. The Balaban J connectivity index is 2.12. The second kappa shape index (κ2) is 7.70. The highest BCUT2D eigenvalue weighted by Gasteiger charge is 2.06. The summed E-state index contributed by atoms with van der Waals surface area (Å²) in [6.45, 7) is 3.12. The van der Waals surface area contributed by atoms with Gasteiger partial charge in [-0.25, -0.2) is 0 Å². The van der Waals surface area contributed by atoms with E-state index < -0.39 is 0 Å². The normalized spacial score (nSPS) is 10.3. The minimum Gasteiger partial charge on any atom is -0.490 e. The van der Waals surface area contributed by atoms with Crippen molar-refractivity contribution in [3.8, 4) is 11.5 Å². The van der Waals surface area contributed by atoms with Gasteiger partial charge in [-0.05, 0) is 42.3 Å². The second-order valence-electron chi connectivity index (χ2n) is 4.27. The molecule has 0 fully saturated rings. The number of hydrogen-bond donors (Lipinski definition) is 0. The highest BCUT2D eigenvalue weighted by Crippen LogP contribution is 2.30. The molecule has 0 unspecified atom stereocenters. The molecule has 0 aliphatic carbocycles. The first kappa shape index (κ1) is 15.4. The standard InChI is InChI=1S/C16H16Br2O2/c1-2-19-16-9-12(10-17)6-7-15(16)20-11-13-4-3-5-14(18)8-13/h3-9H,2,10-11H2,1H3. The molecule has 106 valence electrons. The van der Waals surface area contributed by atoms with Gasteiger partial charge in [0.15, 0.2) is 11.5 Å². The SMILES string of the molecule is CCOc1cc(CBr)ccc1OCc1cccc(Br)c1. The van der Waals surface area contributed by atoms with E-state index in [2.05, 4.69) is 31.9 Å². The van der Waals surface area contributed by atoms with E-state index in [-0.39, 0.29) is 0 Å². The van der Waals surface area contributed by atoms with Crippen LogP contribution in [0, 0.1) is 0 Å². The van der Waals surface area contributed by atoms with Crippen molar-refractivity contribution in [2.24, 2.45) is 0 Å². The Hall–Kier alpha value is -1.00. The molecule has 0 saturated heterocycles. The Morgan fingerprint density at radius 3 is 2.50 bits per heavy atom. The van der Waals surface area contributed by atoms with Crippen LogP contribution in [0.5, 0.6) is 11.5 Å². The largest absolute Gasteiger partial charge is 0.490 e. The fourth-order valence-corrected chi connectivity index (χ4v) is 2.61. The molecule has 0 aliphatic rings. The Morgan fingerprint density at radius 1 is 0.950 bits per heavy atom. The highest BCUT2D eigenvalue weighted by atomic mass is 79.9. The summed E-state index contributed by atoms with van der Waals surface area (Å²) in [5, 5.41) is 0.805. The number of benzene rings is 2. The lowest BCUT2D eigenvalue weighted by Crippen LogP contribution is -2.00. The first-order valence-electron chi connectivity index (χ1n) is 6.42. The number of halogens is 2. The van der Waals surface area contributed by atoms with Crippen LogP contribution in [0.2, 0.25) is 0 Å². The predicted molar refractivity (Wildman–Crippen MR) is 88.7 cm³/mol. The highest BCUT2D eigenvalue weighted by molar-refractivity contribution is 9.10. The summed E-state index contributed by atoms with van der Waals surface area (Å²) in [6, 6.07) is 14.1. The molecular formula is C16H16Br2O2. The Labute approximate surface area is 136 Å². The monoisotopic (exact) mass is 398 g/mol. The maximum atomic E-state index is 5.87. The van der Waals surface area contributed by atoms with Crippen LogP contribution in [0.4, 0.5) is 0 Å². The first-order chi connectivity index (χ1) is 9.72. The quantitative estimate of drug-likeness (QED) is 0.611. The third-order valence-electron chi connectivity index (χ3n) is 2.75. The van der Waals surface area contributed by atoms with E-state index in [1.165, 1.54) is 5.56 Å². The average Bonchev–Trinajstić information content (AvgIpc) is 2.46. The van der Waals surface area contributed by atoms with Crippen LogP contribution in [-0.2, 0) is 11.9 Å². The first-order valence-corrected chi connectivity index (χ1v) is 8.33. The van der Waals surface area contributed by atoms with Crippen LogP contribution in [0.3, 0.4) is 0 Å². The minimum absolute atomic E-state index is 0.521. The van der Waals surface area contributed by atoms with Gasteiger partial charge in [-0.1, -0.05) is 50.1 Å². The number of hydrogen-bond acceptors (Lipinski definition) is 2. The summed E-state index contributed by atoms with van der Waals surface area (Å²) in [5.74, 6) is 1.57. The molecule has 0 radical (unpaired) electrons. The van der Waals surface area contributed by atoms with Gasteiger partial charge in [-0.3, -0.25) is 0 Å². The van der Waals surface area contributed by atoms with E-state index in [0.29, 0.717) is 13.2 Å². The van der Waals surface area contributed by atoms with Gasteiger partial charge in [0.2, 0.25) is 0 Å². The zero-order chi connectivity index (χ0) is 14.4. The molecule has 0 amide bonds. The van der Waals surface area contributed by atoms with Crippen molar-refractivity contribution in [1.82, 2.24) is 0 Å². The van der Waals surface area contributed by atoms with E-state index in [1.807, 2.05) is 49.4 Å². The number of rotatable bonds is 6. The maximum Gasteiger partial charge on any atom is 0.161 e. The Kier molecular flexibility index (Phi) is 5.92. The summed E-state index contributed by atoms with van der Waals surface area (Å²) in [4.78, 5) is 0. The fourth-order valence-electron chi connectivity index (χ4n) is 1.81. The van der Waals surface area contributed by atoms with Crippen LogP contribution >= 0.6 is 31.9 Å². The molecule has 2 nitrogen and oxygen atoms in total. The summed E-state index contributed by atoms with van der Waals surface area (Å²) in [7, 11) is 0. The second-order valence-corrected chi connectivity index (χ2v) is 5.74. The van der Waals surface area contributed by atoms with Crippen molar-refractivity contribution >= 4 is 31.9 Å². The molecule has 0 saturated carbocycles. The van der Waals surface area contributed by atoms with Crippen molar-refractivity contribution in [1.29, 1.82) is 0 Å². The average molecular weight is 400 g/mol. The zero-order valence-electron chi connectivity index (χ0n) is 11.2. The molecule has 2 aromatic rings. The minimum atomic E-state index is 0.521. The topological polar surface area (TPSA) is 18.5 Å². The van der Waals surface area contributed by atoms with Crippen molar-refractivity contribution in [2.75, 3.05) is 6.61 Å². The number of alkyl halides is 1. The van der Waals surface area contributed by atoms with E-state index >= 15 is 0 Å². The van der Waals surface area contributed by atoms with E-state index in [1.54, 1.807) is 0 Å². The molecule has 2 rings (SSSR count). The molecule has 0 heterocycles. The summed E-state index contributed by atoms with van der Waals surface area (Å²) >= 11 is 6.91. The molecule has 20 heavy (non-hydrogen) atoms.